The average Bonchev–Trinajstić information content (AvgIpc) is 2.57. The lowest BCUT2D eigenvalue weighted by Crippen LogP contribution is -2.49. The van der Waals surface area contributed by atoms with Gasteiger partial charge in [0, 0.05) is 39.3 Å². The van der Waals surface area contributed by atoms with Crippen molar-refractivity contribution in [1.82, 2.24) is 15.1 Å². The van der Waals surface area contributed by atoms with Crippen molar-refractivity contribution in [3.8, 4) is 0 Å². The zero-order valence-electron chi connectivity index (χ0n) is 13.3. The Kier molecular flexibility index (Phi) is 5.46. The molecule has 1 amide bonds. The number of carbonyl (C=O) groups is 1. The van der Waals surface area contributed by atoms with E-state index < -0.39 is 0 Å². The number of nitrogens with zero attached hydrogens (tertiary/aromatic N) is 2. The first-order valence-corrected chi connectivity index (χ1v) is 8.56. The molecule has 0 aromatic heterocycles. The minimum absolute atomic E-state index is 0.320. The van der Waals surface area contributed by atoms with Crippen molar-refractivity contribution in [2.45, 2.75) is 19.3 Å². The largest absolute Gasteiger partial charge is 0.342 e. The number of rotatable bonds is 4. The summed E-state index contributed by atoms with van der Waals surface area (Å²) in [7, 11) is 0. The molecule has 3 rings (SSSR count). The predicted octanol–water partition coefficient (Wildman–Crippen LogP) is 1.37. The molecule has 0 unspecified atom stereocenters. The van der Waals surface area contributed by atoms with E-state index in [0.29, 0.717) is 12.5 Å². The summed E-state index contributed by atoms with van der Waals surface area (Å²) in [6.07, 6.45) is 3.44. The van der Waals surface area contributed by atoms with E-state index in [4.69, 9.17) is 0 Å². The summed E-state index contributed by atoms with van der Waals surface area (Å²) >= 11 is 0. The molecule has 2 aliphatic rings. The third-order valence-electron chi connectivity index (χ3n) is 4.90. The molecule has 2 saturated heterocycles. The summed E-state index contributed by atoms with van der Waals surface area (Å²) < 4.78 is 0. The van der Waals surface area contributed by atoms with Gasteiger partial charge in [0.05, 0.1) is 6.54 Å². The maximum Gasteiger partial charge on any atom is 0.236 e. The van der Waals surface area contributed by atoms with E-state index in [2.05, 4.69) is 45.4 Å². The number of nitrogens with one attached hydrogen (secondary N) is 1. The number of likely N-dealkylation sites (tertiary alicyclic amines) is 1. The lowest BCUT2D eigenvalue weighted by Gasteiger charge is -2.34. The highest BCUT2D eigenvalue weighted by Crippen LogP contribution is 2.21. The van der Waals surface area contributed by atoms with Crippen LogP contribution >= 0.6 is 0 Å². The lowest BCUT2D eigenvalue weighted by molar-refractivity contribution is -0.133. The fourth-order valence-corrected chi connectivity index (χ4v) is 3.49. The highest BCUT2D eigenvalue weighted by molar-refractivity contribution is 5.78. The summed E-state index contributed by atoms with van der Waals surface area (Å²) in [5, 5.41) is 3.33. The van der Waals surface area contributed by atoms with E-state index in [0.717, 1.165) is 64.4 Å². The first-order chi connectivity index (χ1) is 10.8. The Morgan fingerprint density at radius 2 is 1.73 bits per heavy atom. The minimum atomic E-state index is 0.320. The second kappa shape index (κ2) is 7.75. The summed E-state index contributed by atoms with van der Waals surface area (Å²) in [6, 6.07) is 10.7. The van der Waals surface area contributed by atoms with Crippen LogP contribution in [0.2, 0.25) is 0 Å². The highest BCUT2D eigenvalue weighted by atomic mass is 16.2. The second-order valence-electron chi connectivity index (χ2n) is 6.54. The Balaban J connectivity index is 1.42. The van der Waals surface area contributed by atoms with Gasteiger partial charge < -0.3 is 10.2 Å². The average molecular weight is 301 g/mol. The van der Waals surface area contributed by atoms with Crippen LogP contribution in [0.5, 0.6) is 0 Å². The van der Waals surface area contributed by atoms with Gasteiger partial charge in [-0.3, -0.25) is 9.69 Å². The van der Waals surface area contributed by atoms with Gasteiger partial charge in [-0.2, -0.15) is 0 Å². The molecule has 0 spiro atoms. The zero-order valence-corrected chi connectivity index (χ0v) is 13.3. The van der Waals surface area contributed by atoms with Gasteiger partial charge in [0.2, 0.25) is 5.91 Å². The van der Waals surface area contributed by atoms with Gasteiger partial charge in [-0.15, -0.1) is 0 Å². The molecule has 120 valence electrons. The van der Waals surface area contributed by atoms with E-state index in [1.165, 1.54) is 5.56 Å². The van der Waals surface area contributed by atoms with Crippen molar-refractivity contribution in [3.63, 3.8) is 0 Å². The van der Waals surface area contributed by atoms with Gasteiger partial charge >= 0.3 is 0 Å². The van der Waals surface area contributed by atoms with Gasteiger partial charge in [0.1, 0.15) is 0 Å². The third kappa shape index (κ3) is 4.31. The van der Waals surface area contributed by atoms with Gasteiger partial charge in [-0.1, -0.05) is 30.3 Å². The summed E-state index contributed by atoms with van der Waals surface area (Å²) in [5.74, 6) is 1.05. The van der Waals surface area contributed by atoms with E-state index in [1.54, 1.807) is 0 Å². The predicted molar refractivity (Wildman–Crippen MR) is 88.8 cm³/mol. The molecule has 4 heteroatoms. The summed E-state index contributed by atoms with van der Waals surface area (Å²) in [4.78, 5) is 16.7. The molecular weight excluding hydrogens is 274 g/mol. The van der Waals surface area contributed by atoms with Gasteiger partial charge in [0.25, 0.3) is 0 Å². The highest BCUT2D eigenvalue weighted by Gasteiger charge is 2.24. The number of carbonyl (C=O) groups excluding carboxylic acids is 1. The van der Waals surface area contributed by atoms with Crippen LogP contribution in [0.1, 0.15) is 18.4 Å². The topological polar surface area (TPSA) is 35.6 Å². The minimum Gasteiger partial charge on any atom is -0.342 e. The Labute approximate surface area is 133 Å². The number of amides is 1. The van der Waals surface area contributed by atoms with Crippen LogP contribution in [-0.2, 0) is 11.2 Å². The Morgan fingerprint density at radius 3 is 2.41 bits per heavy atom. The van der Waals surface area contributed by atoms with Crippen LogP contribution < -0.4 is 5.32 Å². The van der Waals surface area contributed by atoms with E-state index in [-0.39, 0.29) is 0 Å². The molecular formula is C18H27N3O. The van der Waals surface area contributed by atoms with Crippen LogP contribution in [0.3, 0.4) is 0 Å². The number of benzene rings is 1. The first-order valence-electron chi connectivity index (χ1n) is 8.56. The molecule has 1 N–H and O–H groups in total. The van der Waals surface area contributed by atoms with Crippen molar-refractivity contribution in [3.05, 3.63) is 35.9 Å². The SMILES string of the molecule is O=C(CN1CCNCC1)N1CCC(Cc2ccccc2)CC1. The number of piperidine rings is 1. The zero-order chi connectivity index (χ0) is 15.2. The summed E-state index contributed by atoms with van der Waals surface area (Å²) in [6.45, 7) is 6.47. The Bertz CT molecular complexity index is 462. The van der Waals surface area contributed by atoms with Gasteiger partial charge in [-0.25, -0.2) is 0 Å². The molecule has 1 aromatic rings. The van der Waals surface area contributed by atoms with Crippen LogP contribution in [0, 0.1) is 5.92 Å². The van der Waals surface area contributed by atoms with Gasteiger partial charge in [0.15, 0.2) is 0 Å². The first kappa shape index (κ1) is 15.5. The van der Waals surface area contributed by atoms with Gasteiger partial charge in [-0.05, 0) is 30.7 Å². The smallest absolute Gasteiger partial charge is 0.236 e. The van der Waals surface area contributed by atoms with Crippen molar-refractivity contribution >= 4 is 5.91 Å². The molecule has 2 aliphatic heterocycles. The molecule has 22 heavy (non-hydrogen) atoms. The molecule has 0 aliphatic carbocycles. The summed E-state index contributed by atoms with van der Waals surface area (Å²) in [5.41, 5.74) is 1.42. The molecule has 1 aromatic carbocycles. The quantitative estimate of drug-likeness (QED) is 0.912. The van der Waals surface area contributed by atoms with Crippen LogP contribution in [-0.4, -0.2) is 61.5 Å². The molecule has 0 bridgehead atoms. The van der Waals surface area contributed by atoms with Crippen molar-refractivity contribution in [1.29, 1.82) is 0 Å². The van der Waals surface area contributed by atoms with Crippen LogP contribution in [0.25, 0.3) is 0 Å². The standard InChI is InChI=1S/C18H27N3O/c22-18(15-20-12-8-19-9-13-20)21-10-6-17(7-11-21)14-16-4-2-1-3-5-16/h1-5,17,19H,6-15H2. The molecule has 0 atom stereocenters. The maximum atomic E-state index is 12.4. The number of hydrogen-bond acceptors (Lipinski definition) is 3. The molecule has 2 fully saturated rings. The van der Waals surface area contributed by atoms with Crippen LogP contribution in [0.15, 0.2) is 30.3 Å². The Hall–Kier alpha value is -1.39. The molecule has 0 radical (unpaired) electrons. The fourth-order valence-electron chi connectivity index (χ4n) is 3.49. The number of hydrogen-bond donors (Lipinski definition) is 1. The second-order valence-corrected chi connectivity index (χ2v) is 6.54. The normalized spacial score (nSPS) is 21.0. The van der Waals surface area contributed by atoms with E-state index in [1.807, 2.05) is 0 Å². The van der Waals surface area contributed by atoms with Crippen molar-refractivity contribution in [2.24, 2.45) is 5.92 Å². The monoisotopic (exact) mass is 301 g/mol. The van der Waals surface area contributed by atoms with Crippen molar-refractivity contribution in [2.75, 3.05) is 45.8 Å². The third-order valence-corrected chi connectivity index (χ3v) is 4.90. The fraction of sp³-hybridized carbons (Fsp3) is 0.611. The molecule has 0 saturated carbocycles. The van der Waals surface area contributed by atoms with Crippen molar-refractivity contribution < 1.29 is 4.79 Å². The van der Waals surface area contributed by atoms with Crippen LogP contribution in [0.4, 0.5) is 0 Å². The molecule has 4 nitrogen and oxygen atoms in total. The van der Waals surface area contributed by atoms with E-state index in [9.17, 15) is 4.79 Å². The molecule has 2 heterocycles. The number of piperazine rings is 1. The maximum absolute atomic E-state index is 12.4. The Morgan fingerprint density at radius 1 is 1.05 bits per heavy atom. The lowest BCUT2D eigenvalue weighted by atomic mass is 9.90. The van der Waals surface area contributed by atoms with E-state index >= 15 is 0 Å².